The molecule has 8 heteroatoms. The lowest BCUT2D eigenvalue weighted by Crippen LogP contribution is -2.47. The van der Waals surface area contributed by atoms with Crippen molar-refractivity contribution in [3.8, 4) is 17.5 Å². The average molecular weight is 385 g/mol. The van der Waals surface area contributed by atoms with E-state index in [1.807, 2.05) is 4.57 Å². The van der Waals surface area contributed by atoms with Gasteiger partial charge >= 0.3 is 0 Å². The fraction of sp³-hybridized carbons (Fsp3) is 0.474. The zero-order chi connectivity index (χ0) is 19.0. The molecule has 1 heterocycles. The van der Waals surface area contributed by atoms with Crippen LogP contribution in [-0.2, 0) is 4.79 Å². The molecule has 0 radical (unpaired) electrons. The van der Waals surface area contributed by atoms with E-state index >= 15 is 0 Å². The van der Waals surface area contributed by atoms with Crippen molar-refractivity contribution in [1.29, 1.82) is 5.26 Å². The molecule has 2 saturated carbocycles. The number of benzene rings is 1. The lowest BCUT2D eigenvalue weighted by atomic mass is 9.98. The molecule has 0 aliphatic heterocycles. The number of nitriles is 1. The van der Waals surface area contributed by atoms with Crippen LogP contribution in [0, 0.1) is 23.1 Å². The first-order valence-electron chi connectivity index (χ1n) is 9.06. The molecule has 2 aromatic rings. The van der Waals surface area contributed by atoms with Crippen molar-refractivity contribution in [2.24, 2.45) is 5.92 Å². The molecule has 4 rings (SSSR count). The molecule has 0 saturated heterocycles. The first kappa shape index (κ1) is 18.0. The SMILES string of the molecule is CC(C#N)(NC(=O)CSc1nnc(-c2ccccc2F)n1C1CC1)C1CC1. The molecule has 2 aliphatic carbocycles. The van der Waals surface area contributed by atoms with Gasteiger partial charge in [0.15, 0.2) is 11.0 Å². The Morgan fingerprint density at radius 3 is 2.74 bits per heavy atom. The summed E-state index contributed by atoms with van der Waals surface area (Å²) in [6.07, 6.45) is 3.93. The molecule has 27 heavy (non-hydrogen) atoms. The number of hydrogen-bond acceptors (Lipinski definition) is 5. The summed E-state index contributed by atoms with van der Waals surface area (Å²) in [6.45, 7) is 1.77. The Balaban J connectivity index is 1.49. The molecule has 0 bridgehead atoms. The van der Waals surface area contributed by atoms with E-state index in [9.17, 15) is 14.4 Å². The number of carbonyl (C=O) groups excluding carboxylic acids is 1. The van der Waals surface area contributed by atoms with E-state index in [1.165, 1.54) is 17.8 Å². The Bertz CT molecular complexity index is 915. The molecule has 1 amide bonds. The number of halogens is 1. The maximum atomic E-state index is 14.2. The molecule has 140 valence electrons. The molecule has 6 nitrogen and oxygen atoms in total. The molecular weight excluding hydrogens is 365 g/mol. The highest BCUT2D eigenvalue weighted by Gasteiger charge is 2.43. The van der Waals surface area contributed by atoms with Crippen molar-refractivity contribution in [3.05, 3.63) is 30.1 Å². The molecular formula is C19H20FN5OS. The quantitative estimate of drug-likeness (QED) is 0.739. The third kappa shape index (κ3) is 3.69. The Hall–Kier alpha value is -2.40. The van der Waals surface area contributed by atoms with Crippen molar-refractivity contribution >= 4 is 17.7 Å². The second-order valence-electron chi connectivity index (χ2n) is 7.31. The maximum Gasteiger partial charge on any atom is 0.231 e. The van der Waals surface area contributed by atoms with Crippen molar-refractivity contribution in [2.75, 3.05) is 5.75 Å². The summed E-state index contributed by atoms with van der Waals surface area (Å²) < 4.78 is 16.1. The smallest absolute Gasteiger partial charge is 0.231 e. The normalized spacial score (nSPS) is 18.6. The summed E-state index contributed by atoms with van der Waals surface area (Å²) in [6, 6.07) is 8.97. The molecule has 1 atom stereocenters. The topological polar surface area (TPSA) is 83.6 Å². The largest absolute Gasteiger partial charge is 0.337 e. The Kier molecular flexibility index (Phi) is 4.64. The van der Waals surface area contributed by atoms with Gasteiger partial charge in [-0.3, -0.25) is 9.36 Å². The summed E-state index contributed by atoms with van der Waals surface area (Å²) in [4.78, 5) is 12.4. The highest BCUT2D eigenvalue weighted by atomic mass is 32.2. The van der Waals surface area contributed by atoms with E-state index in [0.29, 0.717) is 16.5 Å². The van der Waals surface area contributed by atoms with E-state index < -0.39 is 5.54 Å². The fourth-order valence-electron chi connectivity index (χ4n) is 3.20. The maximum absolute atomic E-state index is 14.2. The van der Waals surface area contributed by atoms with Gasteiger partial charge in [0.1, 0.15) is 11.4 Å². The van der Waals surface area contributed by atoms with Crippen molar-refractivity contribution < 1.29 is 9.18 Å². The van der Waals surface area contributed by atoms with Crippen LogP contribution >= 0.6 is 11.8 Å². The Morgan fingerprint density at radius 2 is 2.11 bits per heavy atom. The van der Waals surface area contributed by atoms with Crippen LogP contribution in [0.1, 0.15) is 38.6 Å². The molecule has 1 aromatic heterocycles. The fourth-order valence-corrected chi connectivity index (χ4v) is 4.01. The Labute approximate surface area is 161 Å². The predicted octanol–water partition coefficient (Wildman–Crippen LogP) is 3.32. The van der Waals surface area contributed by atoms with Crippen molar-refractivity contribution in [1.82, 2.24) is 20.1 Å². The van der Waals surface area contributed by atoms with Crippen molar-refractivity contribution in [3.63, 3.8) is 0 Å². The van der Waals surface area contributed by atoms with E-state index in [0.717, 1.165) is 25.7 Å². The van der Waals surface area contributed by atoms with Gasteiger partial charge in [0.2, 0.25) is 5.91 Å². The number of hydrogen-bond donors (Lipinski definition) is 1. The van der Waals surface area contributed by atoms with Gasteiger partial charge in [0, 0.05) is 6.04 Å². The van der Waals surface area contributed by atoms with Crippen LogP contribution in [0.15, 0.2) is 29.4 Å². The van der Waals surface area contributed by atoms with Crippen LogP contribution < -0.4 is 5.32 Å². The number of nitrogens with one attached hydrogen (secondary N) is 1. The second kappa shape index (κ2) is 6.97. The zero-order valence-corrected chi connectivity index (χ0v) is 15.8. The van der Waals surface area contributed by atoms with Crippen LogP contribution in [-0.4, -0.2) is 32.0 Å². The second-order valence-corrected chi connectivity index (χ2v) is 8.25. The van der Waals surface area contributed by atoms with Gasteiger partial charge in [0.05, 0.1) is 17.4 Å². The molecule has 0 spiro atoms. The highest BCUT2D eigenvalue weighted by molar-refractivity contribution is 7.99. The number of rotatable bonds is 7. The van der Waals surface area contributed by atoms with Gasteiger partial charge < -0.3 is 5.32 Å². The van der Waals surface area contributed by atoms with Crippen LogP contribution in [0.5, 0.6) is 0 Å². The van der Waals surface area contributed by atoms with Gasteiger partial charge in [0.25, 0.3) is 0 Å². The molecule has 1 unspecified atom stereocenters. The Morgan fingerprint density at radius 1 is 1.37 bits per heavy atom. The first-order chi connectivity index (χ1) is 13.0. The van der Waals surface area contributed by atoms with Crippen LogP contribution in [0.4, 0.5) is 4.39 Å². The highest BCUT2D eigenvalue weighted by Crippen LogP contribution is 2.42. The zero-order valence-electron chi connectivity index (χ0n) is 15.0. The molecule has 1 aromatic carbocycles. The standard InChI is InChI=1S/C19H20FN5OS/c1-19(11-21,12-6-7-12)22-16(26)10-27-18-24-23-17(25(18)13-8-9-13)14-4-2-3-5-15(14)20/h2-5,12-13H,6-10H2,1H3,(H,22,26). The van der Waals surface area contributed by atoms with Gasteiger partial charge in [-0.15, -0.1) is 10.2 Å². The number of carbonyl (C=O) groups is 1. The molecule has 2 fully saturated rings. The monoisotopic (exact) mass is 385 g/mol. The van der Waals surface area contributed by atoms with Gasteiger partial charge in [-0.1, -0.05) is 23.9 Å². The lowest BCUT2D eigenvalue weighted by molar-refractivity contribution is -0.119. The average Bonchev–Trinajstić information content (AvgIpc) is 3.57. The van der Waals surface area contributed by atoms with E-state index in [-0.39, 0.29) is 29.4 Å². The van der Waals surface area contributed by atoms with E-state index in [1.54, 1.807) is 25.1 Å². The summed E-state index contributed by atoms with van der Waals surface area (Å²) >= 11 is 1.27. The first-order valence-corrected chi connectivity index (χ1v) is 10.1. The minimum Gasteiger partial charge on any atom is -0.337 e. The number of aromatic nitrogens is 3. The van der Waals surface area contributed by atoms with E-state index in [2.05, 4.69) is 21.6 Å². The van der Waals surface area contributed by atoms with Crippen LogP contribution in [0.2, 0.25) is 0 Å². The van der Waals surface area contributed by atoms with Crippen LogP contribution in [0.3, 0.4) is 0 Å². The summed E-state index contributed by atoms with van der Waals surface area (Å²) in [5, 5.41) is 21.2. The lowest BCUT2D eigenvalue weighted by Gasteiger charge is -2.22. The molecule has 1 N–H and O–H groups in total. The predicted molar refractivity (Wildman–Crippen MR) is 99.3 cm³/mol. The van der Waals surface area contributed by atoms with Crippen LogP contribution in [0.25, 0.3) is 11.4 Å². The third-order valence-corrected chi connectivity index (χ3v) is 5.99. The summed E-state index contributed by atoms with van der Waals surface area (Å²) in [7, 11) is 0. The number of thioether (sulfide) groups is 1. The number of amides is 1. The van der Waals surface area contributed by atoms with Gasteiger partial charge in [-0.25, -0.2) is 4.39 Å². The minimum absolute atomic E-state index is 0.145. The van der Waals surface area contributed by atoms with Gasteiger partial charge in [-0.05, 0) is 50.7 Å². The molecule has 2 aliphatic rings. The minimum atomic E-state index is -0.805. The summed E-state index contributed by atoms with van der Waals surface area (Å²) in [5.41, 5.74) is -0.390. The van der Waals surface area contributed by atoms with Gasteiger partial charge in [-0.2, -0.15) is 5.26 Å². The van der Waals surface area contributed by atoms with Crippen molar-refractivity contribution in [2.45, 2.75) is 49.3 Å². The summed E-state index contributed by atoms with van der Waals surface area (Å²) in [5.74, 6) is 0.341. The number of nitrogens with zero attached hydrogens (tertiary/aromatic N) is 4. The van der Waals surface area contributed by atoms with E-state index in [4.69, 9.17) is 0 Å². The third-order valence-electron chi connectivity index (χ3n) is 5.05.